The third-order valence-corrected chi connectivity index (χ3v) is 3.93. The van der Waals surface area contributed by atoms with Gasteiger partial charge in [-0.2, -0.15) is 5.10 Å². The fraction of sp³-hybridized carbons (Fsp3) is 0.111. The summed E-state index contributed by atoms with van der Waals surface area (Å²) in [6.45, 7) is 1.63. The molecule has 8 nitrogen and oxygen atoms in total. The summed E-state index contributed by atoms with van der Waals surface area (Å²) in [5.74, 6) is 0.412. The average Bonchev–Trinajstić information content (AvgIpc) is 3.17. The molecule has 8 heteroatoms. The zero-order chi connectivity index (χ0) is 18.1. The number of nitrogens with zero attached hydrogens (tertiary/aromatic N) is 3. The third-order valence-electron chi connectivity index (χ3n) is 3.93. The predicted molar refractivity (Wildman–Crippen MR) is 94.5 cm³/mol. The van der Waals surface area contributed by atoms with E-state index in [-0.39, 0.29) is 11.8 Å². The highest BCUT2D eigenvalue weighted by molar-refractivity contribution is 6.09. The predicted octanol–water partition coefficient (Wildman–Crippen LogP) is 2.24. The van der Waals surface area contributed by atoms with E-state index in [0.717, 1.165) is 0 Å². The topological polar surface area (TPSA) is 98.1 Å². The van der Waals surface area contributed by atoms with Crippen molar-refractivity contribution in [2.24, 2.45) is 0 Å². The van der Waals surface area contributed by atoms with Gasteiger partial charge < -0.3 is 15.4 Å². The van der Waals surface area contributed by atoms with Gasteiger partial charge >= 0.3 is 0 Å². The molecule has 3 heterocycles. The van der Waals surface area contributed by atoms with E-state index in [9.17, 15) is 9.59 Å². The third kappa shape index (κ3) is 2.88. The maximum Gasteiger partial charge on any atom is 0.265 e. The minimum Gasteiger partial charge on any atom is -0.478 e. The Labute approximate surface area is 148 Å². The van der Waals surface area contributed by atoms with Gasteiger partial charge in [0.15, 0.2) is 17.7 Å². The fourth-order valence-electron chi connectivity index (χ4n) is 2.60. The maximum atomic E-state index is 12.6. The number of pyridine rings is 1. The van der Waals surface area contributed by atoms with Crippen LogP contribution in [0.3, 0.4) is 0 Å². The molecule has 0 unspecified atom stereocenters. The lowest BCUT2D eigenvalue weighted by Crippen LogP contribution is -2.35. The first-order chi connectivity index (χ1) is 12.6. The van der Waals surface area contributed by atoms with Gasteiger partial charge in [0.25, 0.3) is 11.8 Å². The summed E-state index contributed by atoms with van der Waals surface area (Å²) < 4.78 is 7.22. The van der Waals surface area contributed by atoms with Crippen LogP contribution in [-0.4, -0.2) is 32.7 Å². The molecule has 0 saturated heterocycles. The van der Waals surface area contributed by atoms with Gasteiger partial charge in [0.2, 0.25) is 0 Å². The Morgan fingerprint density at radius 3 is 2.88 bits per heavy atom. The number of amides is 2. The Bertz CT molecular complexity index is 967. The van der Waals surface area contributed by atoms with Crippen molar-refractivity contribution in [3.05, 3.63) is 60.6 Å². The van der Waals surface area contributed by atoms with Gasteiger partial charge in [0.05, 0.1) is 23.1 Å². The number of carbonyl (C=O) groups is 2. The number of anilines is 2. The van der Waals surface area contributed by atoms with Gasteiger partial charge in [-0.3, -0.25) is 9.59 Å². The monoisotopic (exact) mass is 349 g/mol. The van der Waals surface area contributed by atoms with Gasteiger partial charge in [-0.05, 0) is 37.3 Å². The van der Waals surface area contributed by atoms with Crippen LogP contribution in [0.4, 0.5) is 11.4 Å². The quantitative estimate of drug-likeness (QED) is 0.756. The minimum absolute atomic E-state index is 0.242. The normalized spacial score (nSPS) is 15.6. The standard InChI is InChI=1S/C18H15N5O3/c1-11-17(24)22-14-5-2-4-13(16(14)26-11)18(25)21-12-6-7-15(19-10-12)23-9-3-8-20-23/h2-11H,1H3,(H,21,25)(H,22,24)/t11-/m1/s1. The number of hydrogen-bond donors (Lipinski definition) is 2. The second kappa shape index (κ2) is 6.32. The van der Waals surface area contributed by atoms with Crippen LogP contribution in [0, 0.1) is 0 Å². The van der Waals surface area contributed by atoms with Crippen LogP contribution in [-0.2, 0) is 4.79 Å². The van der Waals surface area contributed by atoms with Gasteiger partial charge in [0.1, 0.15) is 0 Å². The number of hydrogen-bond acceptors (Lipinski definition) is 5. The van der Waals surface area contributed by atoms with Crippen molar-refractivity contribution in [3.8, 4) is 11.6 Å². The fourth-order valence-corrected chi connectivity index (χ4v) is 2.60. The molecule has 0 aliphatic carbocycles. The highest BCUT2D eigenvalue weighted by Crippen LogP contribution is 2.33. The van der Waals surface area contributed by atoms with Crippen LogP contribution in [0.15, 0.2) is 55.0 Å². The first-order valence-electron chi connectivity index (χ1n) is 8.00. The molecule has 0 radical (unpaired) electrons. The summed E-state index contributed by atoms with van der Waals surface area (Å²) in [5, 5.41) is 9.61. The summed E-state index contributed by atoms with van der Waals surface area (Å²) in [6, 6.07) is 10.3. The Morgan fingerprint density at radius 2 is 2.15 bits per heavy atom. The molecule has 0 bridgehead atoms. The number of carbonyl (C=O) groups excluding carboxylic acids is 2. The average molecular weight is 349 g/mol. The molecule has 1 aliphatic rings. The van der Waals surface area contributed by atoms with Crippen molar-refractivity contribution < 1.29 is 14.3 Å². The summed E-state index contributed by atoms with van der Waals surface area (Å²) >= 11 is 0. The van der Waals surface area contributed by atoms with Crippen LogP contribution in [0.25, 0.3) is 5.82 Å². The maximum absolute atomic E-state index is 12.6. The van der Waals surface area contributed by atoms with E-state index in [1.165, 1.54) is 0 Å². The Morgan fingerprint density at radius 1 is 1.27 bits per heavy atom. The van der Waals surface area contributed by atoms with E-state index in [1.807, 2.05) is 0 Å². The van der Waals surface area contributed by atoms with Crippen LogP contribution in [0.2, 0.25) is 0 Å². The molecule has 0 spiro atoms. The summed E-state index contributed by atoms with van der Waals surface area (Å²) in [4.78, 5) is 28.6. The summed E-state index contributed by atoms with van der Waals surface area (Å²) in [7, 11) is 0. The van der Waals surface area contributed by atoms with E-state index in [0.29, 0.717) is 28.5 Å². The van der Waals surface area contributed by atoms with Gasteiger partial charge in [-0.25, -0.2) is 9.67 Å². The molecule has 1 aromatic carbocycles. The number of fused-ring (bicyclic) bond motifs is 1. The molecule has 1 aliphatic heterocycles. The van der Waals surface area contributed by atoms with Crippen LogP contribution in [0.5, 0.6) is 5.75 Å². The van der Waals surface area contributed by atoms with Crippen molar-refractivity contribution in [2.45, 2.75) is 13.0 Å². The lowest BCUT2D eigenvalue weighted by molar-refractivity contribution is -0.122. The number of ether oxygens (including phenoxy) is 1. The van der Waals surface area contributed by atoms with Gasteiger partial charge in [-0.1, -0.05) is 6.07 Å². The smallest absolute Gasteiger partial charge is 0.265 e. The summed E-state index contributed by atoms with van der Waals surface area (Å²) in [6.07, 6.45) is 4.33. The number of aromatic nitrogens is 3. The first-order valence-corrected chi connectivity index (χ1v) is 8.00. The lowest BCUT2D eigenvalue weighted by atomic mass is 10.1. The van der Waals surface area contributed by atoms with Crippen molar-refractivity contribution in [3.63, 3.8) is 0 Å². The number of benzene rings is 1. The molecule has 0 fully saturated rings. The van der Waals surface area contributed by atoms with Crippen LogP contribution < -0.4 is 15.4 Å². The number of rotatable bonds is 3. The first kappa shape index (κ1) is 15.8. The van der Waals surface area contributed by atoms with Crippen molar-refractivity contribution in [2.75, 3.05) is 10.6 Å². The largest absolute Gasteiger partial charge is 0.478 e. The van der Waals surface area contributed by atoms with Crippen LogP contribution >= 0.6 is 0 Å². The Balaban J connectivity index is 1.56. The van der Waals surface area contributed by atoms with Gasteiger partial charge in [0, 0.05) is 12.4 Å². The highest BCUT2D eigenvalue weighted by Gasteiger charge is 2.27. The molecule has 130 valence electrons. The zero-order valence-corrected chi connectivity index (χ0v) is 13.8. The molecule has 0 saturated carbocycles. The highest BCUT2D eigenvalue weighted by atomic mass is 16.5. The molecule has 2 amide bonds. The van der Waals surface area contributed by atoms with Crippen molar-refractivity contribution in [1.29, 1.82) is 0 Å². The molecule has 1 atom stereocenters. The second-order valence-electron chi connectivity index (χ2n) is 5.74. The molecular formula is C18H15N5O3. The van der Waals surface area contributed by atoms with E-state index in [2.05, 4.69) is 20.7 Å². The number of para-hydroxylation sites is 1. The van der Waals surface area contributed by atoms with Crippen molar-refractivity contribution in [1.82, 2.24) is 14.8 Å². The lowest BCUT2D eigenvalue weighted by Gasteiger charge is -2.25. The van der Waals surface area contributed by atoms with E-state index < -0.39 is 6.10 Å². The SMILES string of the molecule is C[C@H]1Oc2c(cccc2C(=O)Nc2ccc(-n3cccn3)nc2)NC1=O. The zero-order valence-electron chi connectivity index (χ0n) is 13.8. The van der Waals surface area contributed by atoms with Crippen molar-refractivity contribution >= 4 is 23.2 Å². The molecule has 2 aromatic heterocycles. The van der Waals surface area contributed by atoms with Gasteiger partial charge in [-0.15, -0.1) is 0 Å². The minimum atomic E-state index is -0.661. The number of nitrogens with one attached hydrogen (secondary N) is 2. The molecule has 2 N–H and O–H groups in total. The molecule has 26 heavy (non-hydrogen) atoms. The van der Waals surface area contributed by atoms with E-state index in [4.69, 9.17) is 4.74 Å². The van der Waals surface area contributed by atoms with E-state index in [1.54, 1.807) is 66.6 Å². The molecule has 4 rings (SSSR count). The van der Waals surface area contributed by atoms with E-state index >= 15 is 0 Å². The second-order valence-corrected chi connectivity index (χ2v) is 5.74. The molecule has 3 aromatic rings. The Hall–Kier alpha value is -3.68. The summed E-state index contributed by atoms with van der Waals surface area (Å²) in [5.41, 5.74) is 1.36. The van der Waals surface area contributed by atoms with Crippen LogP contribution in [0.1, 0.15) is 17.3 Å². The molecular weight excluding hydrogens is 334 g/mol. The Kier molecular flexibility index (Phi) is 3.85.